The summed E-state index contributed by atoms with van der Waals surface area (Å²) in [6, 6.07) is 19.5. The van der Waals surface area contributed by atoms with Crippen molar-refractivity contribution in [3.8, 4) is 5.69 Å². The van der Waals surface area contributed by atoms with Gasteiger partial charge in [-0.2, -0.15) is 0 Å². The second kappa shape index (κ2) is 5.72. The number of carbonyl (C=O) groups excluding carboxylic acids is 1. The summed E-state index contributed by atoms with van der Waals surface area (Å²) < 4.78 is 7.94. The third kappa shape index (κ3) is 2.34. The van der Waals surface area contributed by atoms with Crippen molar-refractivity contribution < 1.29 is 9.53 Å². The number of halogens is 1. The molecule has 0 saturated carbocycles. The van der Waals surface area contributed by atoms with Gasteiger partial charge in [-0.1, -0.05) is 53.7 Å². The number of hydrogen-bond acceptors (Lipinski definition) is 3. The van der Waals surface area contributed by atoms with Gasteiger partial charge in [0.2, 0.25) is 4.93 Å². The second-order valence-electron chi connectivity index (χ2n) is 5.55. The van der Waals surface area contributed by atoms with Crippen LogP contribution in [0.25, 0.3) is 5.69 Å². The van der Waals surface area contributed by atoms with Crippen LogP contribution in [0.3, 0.4) is 0 Å². The first-order chi connectivity index (χ1) is 11.6. The van der Waals surface area contributed by atoms with Gasteiger partial charge in [0.1, 0.15) is 0 Å². The number of rotatable bonds is 2. The molecule has 1 aliphatic rings. The predicted molar refractivity (Wildman–Crippen MR) is 95.6 cm³/mol. The summed E-state index contributed by atoms with van der Waals surface area (Å²) >= 11 is 7.69. The van der Waals surface area contributed by atoms with E-state index in [4.69, 9.17) is 16.3 Å². The number of ether oxygens (including phenoxy) is 1. The smallest absolute Gasteiger partial charge is 0.304 e. The van der Waals surface area contributed by atoms with Crippen LogP contribution in [0.2, 0.25) is 5.02 Å². The SMILES string of the molecule is CC(=O)OC1(c2ccccc2)Sc2ccc(Cl)cc2-n2cccc21. The maximum atomic E-state index is 11.9. The maximum Gasteiger partial charge on any atom is 0.304 e. The van der Waals surface area contributed by atoms with Crippen LogP contribution in [0.15, 0.2) is 71.8 Å². The Bertz CT molecular complexity index is 922. The van der Waals surface area contributed by atoms with Gasteiger partial charge in [0, 0.05) is 28.6 Å². The van der Waals surface area contributed by atoms with Crippen LogP contribution in [-0.4, -0.2) is 10.5 Å². The Balaban J connectivity index is 2.00. The molecule has 0 radical (unpaired) electrons. The molecule has 0 amide bonds. The Morgan fingerprint density at radius 1 is 1.12 bits per heavy atom. The molecule has 0 N–H and O–H groups in total. The molecule has 1 atom stereocenters. The summed E-state index contributed by atoms with van der Waals surface area (Å²) in [4.78, 5) is 12.0. The highest BCUT2D eigenvalue weighted by Crippen LogP contribution is 2.53. The van der Waals surface area contributed by atoms with Crippen molar-refractivity contribution in [3.63, 3.8) is 0 Å². The van der Waals surface area contributed by atoms with Gasteiger partial charge in [0.25, 0.3) is 0 Å². The fraction of sp³-hybridized carbons (Fsp3) is 0.105. The molecule has 0 saturated heterocycles. The van der Waals surface area contributed by atoms with E-state index in [2.05, 4.69) is 0 Å². The second-order valence-corrected chi connectivity index (χ2v) is 7.21. The highest BCUT2D eigenvalue weighted by atomic mass is 35.5. The van der Waals surface area contributed by atoms with Crippen LogP contribution >= 0.6 is 23.4 Å². The van der Waals surface area contributed by atoms with Crippen LogP contribution < -0.4 is 0 Å². The van der Waals surface area contributed by atoms with E-state index in [9.17, 15) is 4.79 Å². The zero-order chi connectivity index (χ0) is 16.7. The van der Waals surface area contributed by atoms with Gasteiger partial charge in [0.15, 0.2) is 0 Å². The first-order valence-corrected chi connectivity index (χ1v) is 8.71. The first-order valence-electron chi connectivity index (χ1n) is 7.52. The molecule has 1 unspecified atom stereocenters. The lowest BCUT2D eigenvalue weighted by molar-refractivity contribution is -0.147. The predicted octanol–water partition coefficient (Wildman–Crippen LogP) is 5.00. The zero-order valence-electron chi connectivity index (χ0n) is 12.9. The summed E-state index contributed by atoms with van der Waals surface area (Å²) in [5, 5.41) is 0.675. The van der Waals surface area contributed by atoms with Gasteiger partial charge >= 0.3 is 5.97 Å². The lowest BCUT2D eigenvalue weighted by Crippen LogP contribution is -2.34. The normalized spacial score (nSPS) is 18.6. The monoisotopic (exact) mass is 355 g/mol. The van der Waals surface area contributed by atoms with Gasteiger partial charge in [-0.25, -0.2) is 0 Å². The van der Waals surface area contributed by atoms with Crippen LogP contribution in [0.4, 0.5) is 0 Å². The number of nitrogens with zero attached hydrogens (tertiary/aromatic N) is 1. The van der Waals surface area contributed by atoms with Gasteiger partial charge in [-0.3, -0.25) is 4.79 Å². The highest BCUT2D eigenvalue weighted by molar-refractivity contribution is 8.00. The van der Waals surface area contributed by atoms with Crippen LogP contribution in [0, 0.1) is 0 Å². The number of fused-ring (bicyclic) bond motifs is 3. The minimum Gasteiger partial charge on any atom is -0.437 e. The summed E-state index contributed by atoms with van der Waals surface area (Å²) in [6.07, 6.45) is 1.96. The van der Waals surface area contributed by atoms with E-state index >= 15 is 0 Å². The summed E-state index contributed by atoms with van der Waals surface area (Å²) in [5.74, 6) is -0.323. The summed E-state index contributed by atoms with van der Waals surface area (Å²) in [5.41, 5.74) is 2.81. The Morgan fingerprint density at radius 3 is 2.67 bits per heavy atom. The molecular weight excluding hydrogens is 342 g/mol. The minimum absolute atomic E-state index is 0.323. The molecule has 24 heavy (non-hydrogen) atoms. The van der Waals surface area contributed by atoms with Crippen molar-refractivity contribution in [1.29, 1.82) is 0 Å². The zero-order valence-corrected chi connectivity index (χ0v) is 14.5. The average Bonchev–Trinajstić information content (AvgIpc) is 3.06. The van der Waals surface area contributed by atoms with Crippen molar-refractivity contribution in [3.05, 3.63) is 83.1 Å². The quantitative estimate of drug-likeness (QED) is 0.606. The average molecular weight is 356 g/mol. The topological polar surface area (TPSA) is 31.2 Å². The van der Waals surface area contributed by atoms with E-state index in [0.717, 1.165) is 21.8 Å². The van der Waals surface area contributed by atoms with E-state index < -0.39 is 4.93 Å². The van der Waals surface area contributed by atoms with Crippen LogP contribution in [-0.2, 0) is 14.5 Å². The van der Waals surface area contributed by atoms with Gasteiger partial charge in [0.05, 0.1) is 11.4 Å². The minimum atomic E-state index is -0.919. The lowest BCUT2D eigenvalue weighted by Gasteiger charge is -2.38. The fourth-order valence-corrected chi connectivity index (χ4v) is 4.59. The van der Waals surface area contributed by atoms with Crippen LogP contribution in [0.5, 0.6) is 0 Å². The molecule has 120 valence electrons. The molecule has 1 aromatic heterocycles. The molecular formula is C19H14ClNO2S. The van der Waals surface area contributed by atoms with Gasteiger partial charge < -0.3 is 9.30 Å². The number of thioether (sulfide) groups is 1. The van der Waals surface area contributed by atoms with Crippen molar-refractivity contribution in [2.75, 3.05) is 0 Å². The Labute approximate surface area is 149 Å². The third-order valence-electron chi connectivity index (χ3n) is 3.96. The Hall–Kier alpha value is -2.17. The molecule has 3 aromatic rings. The Morgan fingerprint density at radius 2 is 1.92 bits per heavy atom. The molecule has 2 aromatic carbocycles. The number of aromatic nitrogens is 1. The molecule has 0 aliphatic carbocycles. The Kier molecular flexibility index (Phi) is 3.66. The van der Waals surface area contributed by atoms with Crippen LogP contribution in [0.1, 0.15) is 18.2 Å². The maximum absolute atomic E-state index is 11.9. The lowest BCUT2D eigenvalue weighted by atomic mass is 10.0. The summed E-state index contributed by atoms with van der Waals surface area (Å²) in [6.45, 7) is 1.44. The number of hydrogen-bond donors (Lipinski definition) is 0. The number of carbonyl (C=O) groups is 1. The standard InChI is InChI=1S/C19H14ClNO2S/c1-13(22)23-19(14-6-3-2-4-7-14)18-8-5-11-21(18)16-12-15(20)9-10-17(16)24-19/h2-12H,1H3. The molecule has 0 fully saturated rings. The van der Waals surface area contributed by atoms with E-state index in [0.29, 0.717) is 5.02 Å². The van der Waals surface area contributed by atoms with E-state index in [1.165, 1.54) is 18.7 Å². The van der Waals surface area contributed by atoms with E-state index in [1.807, 2.05) is 71.4 Å². The largest absolute Gasteiger partial charge is 0.437 e. The molecule has 3 nitrogen and oxygen atoms in total. The van der Waals surface area contributed by atoms with E-state index in [-0.39, 0.29) is 5.97 Å². The van der Waals surface area contributed by atoms with Crippen molar-refractivity contribution in [2.45, 2.75) is 16.8 Å². The highest BCUT2D eigenvalue weighted by Gasteiger charge is 2.45. The fourth-order valence-electron chi connectivity index (χ4n) is 3.03. The number of benzene rings is 2. The molecule has 4 rings (SSSR count). The van der Waals surface area contributed by atoms with Crippen molar-refractivity contribution in [1.82, 2.24) is 4.57 Å². The van der Waals surface area contributed by atoms with Gasteiger partial charge in [-0.15, -0.1) is 0 Å². The number of esters is 1. The molecule has 0 spiro atoms. The van der Waals surface area contributed by atoms with E-state index in [1.54, 1.807) is 0 Å². The molecule has 5 heteroatoms. The van der Waals surface area contributed by atoms with Crippen molar-refractivity contribution in [2.24, 2.45) is 0 Å². The van der Waals surface area contributed by atoms with Gasteiger partial charge in [-0.05, 0) is 30.3 Å². The first kappa shape index (κ1) is 15.4. The molecule has 2 heterocycles. The summed E-state index contributed by atoms with van der Waals surface area (Å²) in [7, 11) is 0. The third-order valence-corrected chi connectivity index (χ3v) is 5.58. The molecule has 1 aliphatic heterocycles. The van der Waals surface area contributed by atoms with Crippen molar-refractivity contribution >= 4 is 29.3 Å². The molecule has 0 bridgehead atoms.